The number of benzene rings is 2. The standard InChI is InChI=1S/C38H37Cl2N7O4.Mn/c1-45-38(49)33-25(19-42-45)12-14-41-36(33)43-29-9-5-7-27(35(29)40)26-6-4-8-28(34(26)39)30-18-24-10-11-31(32(24)37(44-30)51-3)47-15-13-23(21-47)20-46(22-48)16-17-50-2;/h4-9,12,14,18-19,31H,10-11,13,15-17,20-21H2,1-3H3,(H,41,43);/q-2;+2. The van der Waals surface area contributed by atoms with Gasteiger partial charge in [0.05, 0.1) is 46.7 Å². The van der Waals surface area contributed by atoms with Crippen molar-refractivity contribution in [3.05, 3.63) is 98.4 Å². The first-order valence-electron chi connectivity index (χ1n) is 16.7. The van der Waals surface area contributed by atoms with Gasteiger partial charge in [0, 0.05) is 60.6 Å². The number of likely N-dealkylation sites (tertiary alicyclic amines) is 1. The smallest absolute Gasteiger partial charge is 0.540 e. The molecule has 0 bridgehead atoms. The molecule has 2 aliphatic rings. The number of ether oxygens (including phenoxy) is 2. The fraction of sp³-hybridized carbons (Fsp3) is 0.316. The van der Waals surface area contributed by atoms with E-state index in [1.54, 1.807) is 44.6 Å². The summed E-state index contributed by atoms with van der Waals surface area (Å²) in [5.74, 6) is 2.28. The van der Waals surface area contributed by atoms with Crippen molar-refractivity contribution < 1.29 is 31.3 Å². The molecule has 1 atom stereocenters. The summed E-state index contributed by atoms with van der Waals surface area (Å²) in [6.07, 6.45) is 8.07. The molecule has 1 unspecified atom stereocenters. The Hall–Kier alpha value is -4.03. The van der Waals surface area contributed by atoms with E-state index >= 15 is 0 Å². The van der Waals surface area contributed by atoms with Gasteiger partial charge in [0.15, 0.2) is 0 Å². The van der Waals surface area contributed by atoms with Gasteiger partial charge in [-0.3, -0.25) is 10.7 Å². The first kappa shape index (κ1) is 37.7. The van der Waals surface area contributed by atoms with E-state index in [1.807, 2.05) is 42.8 Å². The molecule has 1 fully saturated rings. The Morgan fingerprint density at radius 1 is 1.10 bits per heavy atom. The number of hydrogen-bond donors (Lipinski definition) is 1. The van der Waals surface area contributed by atoms with E-state index in [2.05, 4.69) is 26.4 Å². The summed E-state index contributed by atoms with van der Waals surface area (Å²) in [6, 6.07) is 15.5. The fourth-order valence-corrected chi connectivity index (χ4v) is 7.78. The van der Waals surface area contributed by atoms with Crippen molar-refractivity contribution in [1.82, 2.24) is 29.5 Å². The largest absolute Gasteiger partial charge is 2.00 e. The number of amides is 1. The summed E-state index contributed by atoms with van der Waals surface area (Å²) in [5, 5.41) is 9.41. The quantitative estimate of drug-likeness (QED) is 0.0874. The summed E-state index contributed by atoms with van der Waals surface area (Å²) in [5.41, 5.74) is 5.54. The molecule has 269 valence electrons. The van der Waals surface area contributed by atoms with Crippen LogP contribution in [0.5, 0.6) is 5.88 Å². The molecule has 1 radical (unpaired) electrons. The van der Waals surface area contributed by atoms with Crippen LogP contribution in [0.15, 0.2) is 65.7 Å². The Morgan fingerprint density at radius 2 is 1.87 bits per heavy atom. The van der Waals surface area contributed by atoms with Crippen LogP contribution in [0.1, 0.15) is 30.0 Å². The molecule has 7 rings (SSSR count). The van der Waals surface area contributed by atoms with E-state index in [9.17, 15) is 9.59 Å². The zero-order chi connectivity index (χ0) is 35.6. The first-order chi connectivity index (χ1) is 24.8. The predicted molar refractivity (Wildman–Crippen MR) is 199 cm³/mol. The van der Waals surface area contributed by atoms with Crippen LogP contribution >= 0.6 is 23.2 Å². The number of halogens is 2. The molecule has 52 heavy (non-hydrogen) atoms. The number of nitrogens with zero attached hydrogens (tertiary/aromatic N) is 6. The SMILES string of the molecule is COCCN([C-]=O)C[C-]1CCN(C2CCc3cc(-c4cccc(-c5cccc(Nc6nccc7cnn(C)c(=O)c67)c5Cl)c4Cl)nc(OC)c32)C1.[Mn+2]. The van der Waals surface area contributed by atoms with Crippen LogP contribution < -0.4 is 15.6 Å². The molecule has 5 aromatic rings. The van der Waals surface area contributed by atoms with Crippen molar-refractivity contribution in [2.45, 2.75) is 25.3 Å². The molecule has 1 saturated heterocycles. The van der Waals surface area contributed by atoms with Gasteiger partial charge < -0.3 is 29.4 Å². The molecule has 1 aliphatic carbocycles. The predicted octanol–water partition coefficient (Wildman–Crippen LogP) is 6.40. The summed E-state index contributed by atoms with van der Waals surface area (Å²) in [6.45, 7) is 3.33. The number of pyridine rings is 2. The monoisotopic (exact) mass is 780 g/mol. The normalized spacial score (nSPS) is 15.8. The molecule has 1 N–H and O–H groups in total. The number of aromatic nitrogens is 4. The summed E-state index contributed by atoms with van der Waals surface area (Å²) >= 11 is 14.2. The van der Waals surface area contributed by atoms with E-state index in [-0.39, 0.29) is 28.7 Å². The van der Waals surface area contributed by atoms with Crippen LogP contribution in [-0.2, 0) is 40.1 Å². The number of methoxy groups -OCH3 is 2. The van der Waals surface area contributed by atoms with Crippen molar-refractivity contribution in [3.8, 4) is 28.3 Å². The minimum absolute atomic E-state index is 0. The van der Waals surface area contributed by atoms with Crippen molar-refractivity contribution in [2.75, 3.05) is 52.3 Å². The maximum absolute atomic E-state index is 13.0. The van der Waals surface area contributed by atoms with Gasteiger partial charge in [-0.05, 0) is 43.1 Å². The Balaban J connectivity index is 0.00000464. The molecule has 4 heterocycles. The minimum Gasteiger partial charge on any atom is -0.540 e. The fourth-order valence-electron chi connectivity index (χ4n) is 7.18. The Morgan fingerprint density at radius 3 is 2.63 bits per heavy atom. The van der Waals surface area contributed by atoms with Gasteiger partial charge in [0.25, 0.3) is 5.56 Å². The molecule has 0 saturated carbocycles. The van der Waals surface area contributed by atoms with Crippen LogP contribution in [0.4, 0.5) is 11.5 Å². The molecule has 3 aromatic heterocycles. The summed E-state index contributed by atoms with van der Waals surface area (Å²) < 4.78 is 12.3. The molecule has 11 nitrogen and oxygen atoms in total. The van der Waals surface area contributed by atoms with Gasteiger partial charge in [0.2, 0.25) is 5.88 Å². The maximum Gasteiger partial charge on any atom is 2.00 e. The number of anilines is 2. The Bertz CT molecular complexity index is 2170. The number of rotatable bonds is 12. The third-order valence-electron chi connectivity index (χ3n) is 9.73. The average Bonchev–Trinajstić information content (AvgIpc) is 3.79. The van der Waals surface area contributed by atoms with E-state index < -0.39 is 0 Å². The number of hydrogen-bond acceptors (Lipinski definition) is 9. The van der Waals surface area contributed by atoms with Crippen LogP contribution in [0.3, 0.4) is 0 Å². The van der Waals surface area contributed by atoms with Gasteiger partial charge in [-0.25, -0.2) is 14.6 Å². The molecular weight excluding hydrogens is 744 g/mol. The van der Waals surface area contributed by atoms with Crippen molar-refractivity contribution in [2.24, 2.45) is 7.05 Å². The number of nitrogens with one attached hydrogen (secondary N) is 1. The van der Waals surface area contributed by atoms with Crippen molar-refractivity contribution >= 4 is 51.9 Å². The van der Waals surface area contributed by atoms with E-state index in [0.29, 0.717) is 63.5 Å². The van der Waals surface area contributed by atoms with Crippen LogP contribution in [0.25, 0.3) is 33.2 Å². The second kappa shape index (κ2) is 16.3. The molecule has 1 aliphatic heterocycles. The average molecular weight is 782 g/mol. The zero-order valence-electron chi connectivity index (χ0n) is 29.0. The number of aryl methyl sites for hydroxylation is 2. The topological polar surface area (TPSA) is 115 Å². The van der Waals surface area contributed by atoms with Crippen molar-refractivity contribution in [1.29, 1.82) is 0 Å². The van der Waals surface area contributed by atoms with E-state index in [1.165, 1.54) is 16.2 Å². The van der Waals surface area contributed by atoms with Gasteiger partial charge >= 0.3 is 17.1 Å². The molecule has 0 spiro atoms. The third-order valence-corrected chi connectivity index (χ3v) is 10.5. The Kier molecular flexibility index (Phi) is 11.8. The van der Waals surface area contributed by atoms with Crippen LogP contribution in [-0.4, -0.2) is 83.0 Å². The van der Waals surface area contributed by atoms with Crippen LogP contribution in [0.2, 0.25) is 10.0 Å². The second-order valence-corrected chi connectivity index (χ2v) is 13.5. The zero-order valence-corrected chi connectivity index (χ0v) is 31.7. The molecular formula is C38H37Cl2MnN7O4. The molecule has 2 aromatic carbocycles. The van der Waals surface area contributed by atoms with Gasteiger partial charge in [-0.15, -0.1) is 13.1 Å². The first-order valence-corrected chi connectivity index (χ1v) is 17.5. The van der Waals surface area contributed by atoms with E-state index in [4.69, 9.17) is 37.7 Å². The van der Waals surface area contributed by atoms with Gasteiger partial charge in [-0.2, -0.15) is 17.9 Å². The third kappa shape index (κ3) is 7.28. The molecule has 1 amide bonds. The minimum atomic E-state index is -0.267. The van der Waals surface area contributed by atoms with Crippen LogP contribution in [0, 0.1) is 5.92 Å². The van der Waals surface area contributed by atoms with Crippen molar-refractivity contribution in [3.63, 3.8) is 0 Å². The molecule has 14 heteroatoms. The van der Waals surface area contributed by atoms with Gasteiger partial charge in [-0.1, -0.05) is 53.5 Å². The Labute approximate surface area is 322 Å². The number of carbonyl (C=O) groups excluding carboxylic acids is 1. The maximum atomic E-state index is 13.0. The second-order valence-electron chi connectivity index (χ2n) is 12.8. The number of fused-ring (bicyclic) bond motifs is 2. The van der Waals surface area contributed by atoms with E-state index in [0.717, 1.165) is 54.7 Å². The summed E-state index contributed by atoms with van der Waals surface area (Å²) in [4.78, 5) is 38.0. The summed E-state index contributed by atoms with van der Waals surface area (Å²) in [7, 11) is 4.89. The van der Waals surface area contributed by atoms with Gasteiger partial charge in [0.1, 0.15) is 5.82 Å².